The lowest BCUT2D eigenvalue weighted by atomic mass is 9.95. The molecule has 1 saturated heterocycles. The number of hydrogen-bond acceptors (Lipinski definition) is 4. The first-order valence-electron chi connectivity index (χ1n) is 12.4. The molecule has 1 amide bonds. The third kappa shape index (κ3) is 5.31. The van der Waals surface area contributed by atoms with Crippen LogP contribution < -0.4 is 4.90 Å². The molecule has 0 bridgehead atoms. The van der Waals surface area contributed by atoms with Crippen molar-refractivity contribution in [2.24, 2.45) is 0 Å². The maximum atomic E-state index is 14.0. The van der Waals surface area contributed by atoms with Crippen molar-refractivity contribution in [3.63, 3.8) is 0 Å². The van der Waals surface area contributed by atoms with E-state index in [-0.39, 0.29) is 18.5 Å². The van der Waals surface area contributed by atoms with Crippen LogP contribution in [-0.4, -0.2) is 62.3 Å². The van der Waals surface area contributed by atoms with Crippen LogP contribution in [0.4, 0.5) is 5.69 Å². The molecule has 2 aromatic rings. The number of piperazine rings is 1. The Morgan fingerprint density at radius 3 is 2.09 bits per heavy atom. The Kier molecular flexibility index (Phi) is 7.63. The van der Waals surface area contributed by atoms with Gasteiger partial charge >= 0.3 is 0 Å². The summed E-state index contributed by atoms with van der Waals surface area (Å²) in [7, 11) is -3.79. The molecule has 34 heavy (non-hydrogen) atoms. The van der Waals surface area contributed by atoms with Crippen molar-refractivity contribution in [2.45, 2.75) is 63.8 Å². The Morgan fingerprint density at radius 2 is 1.50 bits per heavy atom. The summed E-state index contributed by atoms with van der Waals surface area (Å²) in [6.45, 7) is 8.33. The molecule has 1 aliphatic heterocycles. The molecular weight excluding hydrogens is 446 g/mol. The summed E-state index contributed by atoms with van der Waals surface area (Å²) in [6, 6.07) is 13.9. The predicted octanol–water partition coefficient (Wildman–Crippen LogP) is 4.28. The van der Waals surface area contributed by atoms with Gasteiger partial charge in [0.2, 0.25) is 15.9 Å². The molecule has 0 N–H and O–H groups in total. The molecule has 0 aromatic heterocycles. The Labute approximate surface area is 204 Å². The second-order valence-corrected chi connectivity index (χ2v) is 11.6. The van der Waals surface area contributed by atoms with Gasteiger partial charge in [0.15, 0.2) is 0 Å². The maximum absolute atomic E-state index is 14.0. The zero-order valence-corrected chi connectivity index (χ0v) is 21.5. The van der Waals surface area contributed by atoms with Crippen LogP contribution >= 0.6 is 0 Å². The standard InChI is InChI=1S/C27H37N3O3S/c1-21-18-22(2)27(23(3)19-21)34(32,33)30(25-12-8-5-9-13-25)20-26(31)29-16-14-28(15-17-29)24-10-6-4-7-11-24/h4,6-7,10-11,18-19,25H,5,8-9,12-17,20H2,1-3H3. The highest BCUT2D eigenvalue weighted by atomic mass is 32.2. The molecule has 0 radical (unpaired) electrons. The summed E-state index contributed by atoms with van der Waals surface area (Å²) in [5, 5.41) is 0. The van der Waals surface area contributed by atoms with E-state index in [1.54, 1.807) is 0 Å². The lowest BCUT2D eigenvalue weighted by molar-refractivity contribution is -0.132. The minimum Gasteiger partial charge on any atom is -0.368 e. The molecule has 0 spiro atoms. The summed E-state index contributed by atoms with van der Waals surface area (Å²) in [6.07, 6.45) is 4.78. The van der Waals surface area contributed by atoms with E-state index in [2.05, 4.69) is 17.0 Å². The third-order valence-electron chi connectivity index (χ3n) is 7.20. The van der Waals surface area contributed by atoms with Crippen LogP contribution in [0.2, 0.25) is 0 Å². The fourth-order valence-corrected chi connectivity index (χ4v) is 7.61. The van der Waals surface area contributed by atoms with Crippen LogP contribution in [0, 0.1) is 20.8 Å². The van der Waals surface area contributed by atoms with Gasteiger partial charge in [-0.3, -0.25) is 4.79 Å². The van der Waals surface area contributed by atoms with Crippen LogP contribution in [0.1, 0.15) is 48.8 Å². The third-order valence-corrected chi connectivity index (χ3v) is 9.40. The van der Waals surface area contributed by atoms with Gasteiger partial charge in [-0.05, 0) is 56.9 Å². The van der Waals surface area contributed by atoms with E-state index >= 15 is 0 Å². The number of sulfonamides is 1. The SMILES string of the molecule is Cc1cc(C)c(S(=O)(=O)N(CC(=O)N2CCN(c3ccccc3)CC2)C2CCCCC2)c(C)c1. The highest BCUT2D eigenvalue weighted by molar-refractivity contribution is 7.89. The summed E-state index contributed by atoms with van der Waals surface area (Å²) < 4.78 is 29.5. The van der Waals surface area contributed by atoms with Gasteiger partial charge in [0.05, 0.1) is 11.4 Å². The molecule has 2 aliphatic rings. The van der Waals surface area contributed by atoms with Gasteiger partial charge < -0.3 is 9.80 Å². The van der Waals surface area contributed by atoms with Crippen LogP contribution in [0.5, 0.6) is 0 Å². The average Bonchev–Trinajstić information content (AvgIpc) is 2.82. The topological polar surface area (TPSA) is 60.9 Å². The molecule has 2 aromatic carbocycles. The van der Waals surface area contributed by atoms with Crippen LogP contribution in [0.25, 0.3) is 0 Å². The number of amides is 1. The van der Waals surface area contributed by atoms with Crippen molar-refractivity contribution in [1.29, 1.82) is 0 Å². The van der Waals surface area contributed by atoms with Crippen LogP contribution in [-0.2, 0) is 14.8 Å². The first kappa shape index (κ1) is 24.7. The number of rotatable bonds is 6. The minimum atomic E-state index is -3.79. The van der Waals surface area contributed by atoms with Gasteiger partial charge in [-0.25, -0.2) is 8.42 Å². The number of carbonyl (C=O) groups excluding carboxylic acids is 1. The summed E-state index contributed by atoms with van der Waals surface area (Å²) in [4.78, 5) is 17.9. The first-order chi connectivity index (χ1) is 16.3. The van der Waals surface area contributed by atoms with Gasteiger partial charge in [0.25, 0.3) is 0 Å². The van der Waals surface area contributed by atoms with E-state index in [1.807, 2.05) is 56.0 Å². The molecule has 0 atom stereocenters. The van der Waals surface area contributed by atoms with Crippen molar-refractivity contribution in [3.8, 4) is 0 Å². The van der Waals surface area contributed by atoms with E-state index in [0.717, 1.165) is 67.6 Å². The number of anilines is 1. The number of para-hydroxylation sites is 1. The zero-order chi connectivity index (χ0) is 24.3. The van der Waals surface area contributed by atoms with E-state index in [1.165, 1.54) is 4.31 Å². The van der Waals surface area contributed by atoms with Gasteiger partial charge in [0.1, 0.15) is 0 Å². The largest absolute Gasteiger partial charge is 0.368 e. The molecule has 1 saturated carbocycles. The minimum absolute atomic E-state index is 0.0783. The van der Waals surface area contributed by atoms with Gasteiger partial charge in [-0.2, -0.15) is 4.31 Å². The molecule has 0 unspecified atom stereocenters. The lowest BCUT2D eigenvalue weighted by Crippen LogP contribution is -2.53. The van der Waals surface area contributed by atoms with E-state index in [4.69, 9.17) is 0 Å². The quantitative estimate of drug-likeness (QED) is 0.615. The zero-order valence-electron chi connectivity index (χ0n) is 20.7. The second kappa shape index (κ2) is 10.5. The summed E-state index contributed by atoms with van der Waals surface area (Å²) in [5.74, 6) is -0.0933. The highest BCUT2D eigenvalue weighted by Gasteiger charge is 2.37. The molecule has 7 heteroatoms. The fraction of sp³-hybridized carbons (Fsp3) is 0.519. The second-order valence-electron chi connectivity index (χ2n) is 9.77. The van der Waals surface area contributed by atoms with Crippen LogP contribution in [0.15, 0.2) is 47.4 Å². The number of benzene rings is 2. The number of carbonyl (C=O) groups is 1. The van der Waals surface area contributed by atoms with Crippen molar-refractivity contribution >= 4 is 21.6 Å². The van der Waals surface area contributed by atoms with Crippen molar-refractivity contribution < 1.29 is 13.2 Å². The smallest absolute Gasteiger partial charge is 0.244 e. The molecule has 184 valence electrons. The number of nitrogens with zero attached hydrogens (tertiary/aromatic N) is 3. The first-order valence-corrected chi connectivity index (χ1v) is 13.9. The normalized spacial score (nSPS) is 17.9. The predicted molar refractivity (Wildman–Crippen MR) is 137 cm³/mol. The van der Waals surface area contributed by atoms with E-state index in [9.17, 15) is 13.2 Å². The van der Waals surface area contributed by atoms with Crippen LogP contribution in [0.3, 0.4) is 0 Å². The monoisotopic (exact) mass is 483 g/mol. The van der Waals surface area contributed by atoms with Crippen molar-refractivity contribution in [2.75, 3.05) is 37.6 Å². The molecule has 4 rings (SSSR count). The van der Waals surface area contributed by atoms with Gasteiger partial charge in [-0.1, -0.05) is 55.2 Å². The number of aryl methyl sites for hydroxylation is 3. The Hall–Kier alpha value is -2.38. The van der Waals surface area contributed by atoms with E-state index in [0.29, 0.717) is 18.0 Å². The summed E-state index contributed by atoms with van der Waals surface area (Å²) in [5.41, 5.74) is 3.71. The van der Waals surface area contributed by atoms with E-state index < -0.39 is 10.0 Å². The fourth-order valence-electron chi connectivity index (χ4n) is 5.56. The number of hydrogen-bond donors (Lipinski definition) is 0. The molecular formula is C27H37N3O3S. The molecule has 6 nitrogen and oxygen atoms in total. The Bertz CT molecular complexity index is 1080. The Morgan fingerprint density at radius 1 is 0.912 bits per heavy atom. The van der Waals surface area contributed by atoms with Crippen molar-refractivity contribution in [3.05, 3.63) is 59.2 Å². The molecule has 1 aliphatic carbocycles. The maximum Gasteiger partial charge on any atom is 0.244 e. The Balaban J connectivity index is 1.54. The summed E-state index contributed by atoms with van der Waals surface area (Å²) >= 11 is 0. The molecule has 1 heterocycles. The molecule has 2 fully saturated rings. The van der Waals surface area contributed by atoms with Crippen molar-refractivity contribution in [1.82, 2.24) is 9.21 Å². The highest BCUT2D eigenvalue weighted by Crippen LogP contribution is 2.31. The van der Waals surface area contributed by atoms with Gasteiger partial charge in [0, 0.05) is 37.9 Å². The lowest BCUT2D eigenvalue weighted by Gasteiger charge is -2.38. The average molecular weight is 484 g/mol. The van der Waals surface area contributed by atoms with Gasteiger partial charge in [-0.15, -0.1) is 0 Å².